The Hall–Kier alpha value is -2.73. The first kappa shape index (κ1) is 15.8. The van der Waals surface area contributed by atoms with Gasteiger partial charge in [-0.25, -0.2) is 4.98 Å². The topological polar surface area (TPSA) is 66.3 Å². The van der Waals surface area contributed by atoms with Crippen LogP contribution in [0.4, 0.5) is 5.69 Å². The molecule has 1 saturated heterocycles. The third-order valence-corrected chi connectivity index (χ3v) is 5.43. The van der Waals surface area contributed by atoms with Crippen molar-refractivity contribution in [3.8, 4) is 26.9 Å². The smallest absolute Gasteiger partial charge is 0.153 e. The van der Waals surface area contributed by atoms with Crippen molar-refractivity contribution in [1.29, 1.82) is 0 Å². The van der Waals surface area contributed by atoms with Crippen LogP contribution in [0.15, 0.2) is 42.7 Å². The zero-order chi connectivity index (χ0) is 17.2. The second kappa shape index (κ2) is 6.64. The molecule has 1 aromatic carbocycles. The predicted octanol–water partition coefficient (Wildman–Crippen LogP) is 3.99. The summed E-state index contributed by atoms with van der Waals surface area (Å²) in [4.78, 5) is 23.0. The average Bonchev–Trinajstić information content (AvgIpc) is 3.34. The Morgan fingerprint density at radius 1 is 1.12 bits per heavy atom. The highest BCUT2D eigenvalue weighted by molar-refractivity contribution is 7.18. The van der Waals surface area contributed by atoms with E-state index in [1.807, 2.05) is 0 Å². The standard InChI is InChI=1S/C19H17N3O2S/c23-12-14-9-16(20-10-17(14)24)18-11-21-19(25-18)13-4-3-5-15(8-13)22-6-1-2-7-22/h3-5,8-12,24H,1-2,6-7H2. The Morgan fingerprint density at radius 3 is 2.76 bits per heavy atom. The summed E-state index contributed by atoms with van der Waals surface area (Å²) in [7, 11) is 0. The van der Waals surface area contributed by atoms with Gasteiger partial charge in [0.15, 0.2) is 6.29 Å². The lowest BCUT2D eigenvalue weighted by atomic mass is 10.2. The largest absolute Gasteiger partial charge is 0.506 e. The normalized spacial score (nSPS) is 14.0. The predicted molar refractivity (Wildman–Crippen MR) is 99.3 cm³/mol. The molecule has 0 amide bonds. The third kappa shape index (κ3) is 3.13. The fraction of sp³-hybridized carbons (Fsp3) is 0.211. The van der Waals surface area contributed by atoms with Crippen molar-refractivity contribution >= 4 is 23.3 Å². The van der Waals surface area contributed by atoms with Crippen LogP contribution in [-0.2, 0) is 0 Å². The molecule has 0 atom stereocenters. The first-order valence-corrected chi connectivity index (χ1v) is 9.02. The molecule has 1 N–H and O–H groups in total. The molecule has 25 heavy (non-hydrogen) atoms. The molecule has 1 fully saturated rings. The molecule has 2 aromatic heterocycles. The number of aldehydes is 1. The minimum absolute atomic E-state index is 0.109. The van der Waals surface area contributed by atoms with Gasteiger partial charge in [0.1, 0.15) is 10.8 Å². The molecule has 4 rings (SSSR count). The van der Waals surface area contributed by atoms with E-state index in [-0.39, 0.29) is 11.3 Å². The van der Waals surface area contributed by atoms with Gasteiger partial charge < -0.3 is 10.0 Å². The van der Waals surface area contributed by atoms with Gasteiger partial charge in [0.25, 0.3) is 0 Å². The van der Waals surface area contributed by atoms with Crippen LogP contribution in [-0.4, -0.2) is 34.5 Å². The number of aromatic nitrogens is 2. The summed E-state index contributed by atoms with van der Waals surface area (Å²) in [5.41, 5.74) is 3.18. The van der Waals surface area contributed by atoms with E-state index >= 15 is 0 Å². The van der Waals surface area contributed by atoms with E-state index in [0.29, 0.717) is 12.0 Å². The monoisotopic (exact) mass is 351 g/mol. The highest BCUT2D eigenvalue weighted by Crippen LogP contribution is 2.34. The number of anilines is 1. The van der Waals surface area contributed by atoms with Crippen LogP contribution in [0.2, 0.25) is 0 Å². The SMILES string of the molecule is O=Cc1cc(-c2cnc(-c3cccc(N4CCCC4)c3)s2)ncc1O. The molecular formula is C19H17N3O2S. The van der Waals surface area contributed by atoms with E-state index in [1.165, 1.54) is 36.1 Å². The first-order chi connectivity index (χ1) is 12.2. The Bertz CT molecular complexity index is 917. The van der Waals surface area contributed by atoms with Crippen molar-refractivity contribution in [2.75, 3.05) is 18.0 Å². The molecule has 0 unspecified atom stereocenters. The van der Waals surface area contributed by atoms with Gasteiger partial charge in [0, 0.05) is 30.5 Å². The van der Waals surface area contributed by atoms with Crippen molar-refractivity contribution in [1.82, 2.24) is 9.97 Å². The zero-order valence-corrected chi connectivity index (χ0v) is 14.4. The molecular weight excluding hydrogens is 334 g/mol. The quantitative estimate of drug-likeness (QED) is 0.720. The van der Waals surface area contributed by atoms with Crippen molar-refractivity contribution < 1.29 is 9.90 Å². The number of hydrogen-bond acceptors (Lipinski definition) is 6. The Morgan fingerprint density at radius 2 is 1.96 bits per heavy atom. The Kier molecular flexibility index (Phi) is 4.19. The summed E-state index contributed by atoms with van der Waals surface area (Å²) in [5, 5.41) is 10.5. The molecule has 5 nitrogen and oxygen atoms in total. The molecule has 126 valence electrons. The van der Waals surface area contributed by atoms with Gasteiger partial charge in [-0.05, 0) is 31.0 Å². The molecule has 1 aliphatic rings. The van der Waals surface area contributed by atoms with Crippen LogP contribution < -0.4 is 4.90 Å². The molecule has 0 saturated carbocycles. The van der Waals surface area contributed by atoms with E-state index in [1.54, 1.807) is 12.3 Å². The molecule has 3 heterocycles. The van der Waals surface area contributed by atoms with Crippen LogP contribution in [0.25, 0.3) is 21.1 Å². The van der Waals surface area contributed by atoms with Crippen LogP contribution in [0.1, 0.15) is 23.2 Å². The van der Waals surface area contributed by atoms with Gasteiger partial charge >= 0.3 is 0 Å². The van der Waals surface area contributed by atoms with E-state index in [0.717, 1.165) is 28.5 Å². The summed E-state index contributed by atoms with van der Waals surface area (Å²) in [6, 6.07) is 10.0. The second-order valence-corrected chi connectivity index (χ2v) is 7.05. The highest BCUT2D eigenvalue weighted by atomic mass is 32.1. The van der Waals surface area contributed by atoms with Crippen LogP contribution >= 0.6 is 11.3 Å². The maximum Gasteiger partial charge on any atom is 0.153 e. The number of benzene rings is 1. The number of rotatable bonds is 4. The van der Waals surface area contributed by atoms with Gasteiger partial charge in [0.05, 0.1) is 22.3 Å². The van der Waals surface area contributed by atoms with E-state index in [4.69, 9.17) is 0 Å². The van der Waals surface area contributed by atoms with Gasteiger partial charge in [-0.1, -0.05) is 12.1 Å². The fourth-order valence-corrected chi connectivity index (χ4v) is 3.91. The molecule has 6 heteroatoms. The Balaban J connectivity index is 1.65. The lowest BCUT2D eigenvalue weighted by Crippen LogP contribution is -2.17. The summed E-state index contributed by atoms with van der Waals surface area (Å²) < 4.78 is 0. The van der Waals surface area contributed by atoms with Gasteiger partial charge in [0.2, 0.25) is 0 Å². The molecule has 0 radical (unpaired) electrons. The molecule has 0 spiro atoms. The van der Waals surface area contributed by atoms with Crippen molar-refractivity contribution in [3.05, 3.63) is 48.3 Å². The summed E-state index contributed by atoms with van der Waals surface area (Å²) in [5.74, 6) is -0.109. The van der Waals surface area contributed by atoms with Crippen LogP contribution in [0.5, 0.6) is 5.75 Å². The van der Waals surface area contributed by atoms with E-state index in [9.17, 15) is 9.90 Å². The molecule has 3 aromatic rings. The Labute approximate surface area is 149 Å². The minimum Gasteiger partial charge on any atom is -0.506 e. The van der Waals surface area contributed by atoms with Crippen molar-refractivity contribution in [2.45, 2.75) is 12.8 Å². The average molecular weight is 351 g/mol. The van der Waals surface area contributed by atoms with Crippen LogP contribution in [0.3, 0.4) is 0 Å². The van der Waals surface area contributed by atoms with Gasteiger partial charge in [-0.2, -0.15) is 0 Å². The number of carbonyl (C=O) groups excluding carboxylic acids is 1. The second-order valence-electron chi connectivity index (χ2n) is 6.02. The number of pyridine rings is 1. The third-order valence-electron chi connectivity index (χ3n) is 4.36. The zero-order valence-electron chi connectivity index (χ0n) is 13.6. The number of thiazole rings is 1. The number of nitrogens with zero attached hydrogens (tertiary/aromatic N) is 3. The van der Waals surface area contributed by atoms with Crippen LogP contribution in [0, 0.1) is 0 Å². The lowest BCUT2D eigenvalue weighted by molar-refractivity contribution is 0.112. The number of aromatic hydroxyl groups is 1. The minimum atomic E-state index is -0.109. The summed E-state index contributed by atoms with van der Waals surface area (Å²) in [6.45, 7) is 2.22. The van der Waals surface area contributed by atoms with E-state index in [2.05, 4.69) is 39.1 Å². The van der Waals surface area contributed by atoms with Gasteiger partial charge in [-0.15, -0.1) is 11.3 Å². The van der Waals surface area contributed by atoms with Gasteiger partial charge in [-0.3, -0.25) is 9.78 Å². The highest BCUT2D eigenvalue weighted by Gasteiger charge is 2.14. The molecule has 0 aliphatic carbocycles. The summed E-state index contributed by atoms with van der Waals surface area (Å²) in [6.07, 6.45) is 6.18. The molecule has 1 aliphatic heterocycles. The number of carbonyl (C=O) groups is 1. The lowest BCUT2D eigenvalue weighted by Gasteiger charge is -2.17. The summed E-state index contributed by atoms with van der Waals surface area (Å²) >= 11 is 1.53. The van der Waals surface area contributed by atoms with Crippen molar-refractivity contribution in [2.24, 2.45) is 0 Å². The fourth-order valence-electron chi connectivity index (χ4n) is 3.03. The van der Waals surface area contributed by atoms with Crippen molar-refractivity contribution in [3.63, 3.8) is 0 Å². The maximum absolute atomic E-state index is 11.0. The maximum atomic E-state index is 11.0. The molecule has 0 bridgehead atoms. The first-order valence-electron chi connectivity index (χ1n) is 8.20. The van der Waals surface area contributed by atoms with E-state index < -0.39 is 0 Å². The number of hydrogen-bond donors (Lipinski definition) is 1.